The average Bonchev–Trinajstić information content (AvgIpc) is 2.38. The number of anilines is 2. The molecule has 3 N–H and O–H groups in total. The van der Waals surface area contributed by atoms with E-state index in [1.54, 1.807) is 44.2 Å². The fourth-order valence-corrected chi connectivity index (χ4v) is 3.69. The van der Waals surface area contributed by atoms with Gasteiger partial charge in [0.05, 0.1) is 11.4 Å². The lowest BCUT2D eigenvalue weighted by atomic mass is 10.1. The van der Waals surface area contributed by atoms with Gasteiger partial charge in [-0.15, -0.1) is 0 Å². The highest BCUT2D eigenvalue weighted by Crippen LogP contribution is 2.29. The van der Waals surface area contributed by atoms with Gasteiger partial charge in [-0.2, -0.15) is 0 Å². The van der Waals surface area contributed by atoms with Crippen molar-refractivity contribution in [1.82, 2.24) is 0 Å². The zero-order valence-corrected chi connectivity index (χ0v) is 13.6. The van der Waals surface area contributed by atoms with Gasteiger partial charge in [-0.05, 0) is 49.6 Å². The summed E-state index contributed by atoms with van der Waals surface area (Å²) in [4.78, 5) is 0.110. The van der Waals surface area contributed by atoms with Crippen LogP contribution in [-0.4, -0.2) is 8.42 Å². The Labute approximate surface area is 130 Å². The fraction of sp³-hybridized carbons (Fsp3) is 0.200. The first-order chi connectivity index (χ1) is 9.72. The smallest absolute Gasteiger partial charge is 0.264 e. The van der Waals surface area contributed by atoms with E-state index >= 15 is 0 Å². The van der Waals surface area contributed by atoms with Crippen molar-refractivity contribution in [2.45, 2.75) is 25.7 Å². The zero-order valence-electron chi connectivity index (χ0n) is 12.1. The standard InChI is InChI=1S/C15H17ClN2O2S/c1-9-6-7-12(8-13(9)16)18-21(19,20)15-11(3)5-4-10(2)14(15)17/h4-8,18H,17H2,1-3H3. The molecule has 0 atom stereocenters. The minimum absolute atomic E-state index is 0.110. The van der Waals surface area contributed by atoms with E-state index in [9.17, 15) is 8.42 Å². The fourth-order valence-electron chi connectivity index (χ4n) is 2.03. The van der Waals surface area contributed by atoms with E-state index in [1.807, 2.05) is 6.92 Å². The van der Waals surface area contributed by atoms with E-state index in [2.05, 4.69) is 4.72 Å². The van der Waals surface area contributed by atoms with E-state index in [4.69, 9.17) is 17.3 Å². The van der Waals surface area contributed by atoms with Crippen LogP contribution >= 0.6 is 11.6 Å². The lowest BCUT2D eigenvalue weighted by molar-refractivity contribution is 0.601. The molecule has 0 fully saturated rings. The Morgan fingerprint density at radius 3 is 2.19 bits per heavy atom. The molecular weight excluding hydrogens is 308 g/mol. The number of sulfonamides is 1. The Morgan fingerprint density at radius 1 is 1.00 bits per heavy atom. The molecule has 2 rings (SSSR count). The molecule has 4 nitrogen and oxygen atoms in total. The molecule has 0 saturated carbocycles. The molecule has 6 heteroatoms. The van der Waals surface area contributed by atoms with Gasteiger partial charge in [-0.1, -0.05) is 29.8 Å². The van der Waals surface area contributed by atoms with Gasteiger partial charge in [0.25, 0.3) is 10.0 Å². The Balaban J connectivity index is 2.48. The normalized spacial score (nSPS) is 11.4. The zero-order chi connectivity index (χ0) is 15.8. The summed E-state index contributed by atoms with van der Waals surface area (Å²) in [6.07, 6.45) is 0. The first-order valence-corrected chi connectivity index (χ1v) is 8.23. The van der Waals surface area contributed by atoms with E-state index in [0.29, 0.717) is 16.3 Å². The summed E-state index contributed by atoms with van der Waals surface area (Å²) in [6.45, 7) is 5.34. The quantitative estimate of drug-likeness (QED) is 0.846. The summed E-state index contributed by atoms with van der Waals surface area (Å²) in [5.41, 5.74) is 8.81. The van der Waals surface area contributed by atoms with Gasteiger partial charge in [-0.25, -0.2) is 8.42 Å². The number of hydrogen-bond acceptors (Lipinski definition) is 3. The van der Waals surface area contributed by atoms with Crippen LogP contribution in [0.2, 0.25) is 5.02 Å². The summed E-state index contributed by atoms with van der Waals surface area (Å²) in [7, 11) is -3.76. The first kappa shape index (κ1) is 15.7. The summed E-state index contributed by atoms with van der Waals surface area (Å²) < 4.78 is 27.6. The van der Waals surface area contributed by atoms with Crippen LogP contribution in [0.25, 0.3) is 0 Å². The van der Waals surface area contributed by atoms with Gasteiger partial charge < -0.3 is 5.73 Å². The highest BCUT2D eigenvalue weighted by molar-refractivity contribution is 7.93. The van der Waals surface area contributed by atoms with E-state index in [1.165, 1.54) is 0 Å². The van der Waals surface area contributed by atoms with Crippen molar-refractivity contribution in [3.63, 3.8) is 0 Å². The summed E-state index contributed by atoms with van der Waals surface area (Å²) >= 11 is 6.02. The monoisotopic (exact) mass is 324 g/mol. The van der Waals surface area contributed by atoms with Crippen molar-refractivity contribution in [2.75, 3.05) is 10.5 Å². The second kappa shape index (κ2) is 5.58. The maximum atomic E-state index is 12.6. The number of benzene rings is 2. The molecule has 0 amide bonds. The Morgan fingerprint density at radius 2 is 1.57 bits per heavy atom. The molecule has 0 aliphatic rings. The SMILES string of the molecule is Cc1ccc(NS(=O)(=O)c2c(C)ccc(C)c2N)cc1Cl. The van der Waals surface area contributed by atoms with Crippen LogP contribution in [0.1, 0.15) is 16.7 Å². The third kappa shape index (κ3) is 3.14. The maximum Gasteiger partial charge on any atom is 0.264 e. The van der Waals surface area contributed by atoms with Crippen LogP contribution in [0.5, 0.6) is 0 Å². The number of aryl methyl sites for hydroxylation is 3. The molecule has 2 aromatic rings. The van der Waals surface area contributed by atoms with Gasteiger partial charge in [0.2, 0.25) is 0 Å². The van der Waals surface area contributed by atoms with Crippen molar-refractivity contribution < 1.29 is 8.42 Å². The molecule has 2 aromatic carbocycles. The third-order valence-electron chi connectivity index (χ3n) is 3.30. The van der Waals surface area contributed by atoms with Crippen LogP contribution in [0.3, 0.4) is 0 Å². The molecular formula is C15H17ClN2O2S. The lowest BCUT2D eigenvalue weighted by Gasteiger charge is -2.14. The van der Waals surface area contributed by atoms with Gasteiger partial charge in [-0.3, -0.25) is 4.72 Å². The van der Waals surface area contributed by atoms with Crippen molar-refractivity contribution in [2.24, 2.45) is 0 Å². The highest BCUT2D eigenvalue weighted by atomic mass is 35.5. The molecule has 0 aliphatic heterocycles. The Bertz CT molecular complexity index is 802. The highest BCUT2D eigenvalue weighted by Gasteiger charge is 2.21. The third-order valence-corrected chi connectivity index (χ3v) is 5.29. The largest absolute Gasteiger partial charge is 0.397 e. The number of nitrogens with two attached hydrogens (primary N) is 1. The minimum atomic E-state index is -3.76. The summed E-state index contributed by atoms with van der Waals surface area (Å²) in [5, 5.41) is 0.504. The Hall–Kier alpha value is -1.72. The molecule has 0 unspecified atom stereocenters. The number of hydrogen-bond donors (Lipinski definition) is 2. The molecule has 0 radical (unpaired) electrons. The molecule has 0 aliphatic carbocycles. The van der Waals surface area contributed by atoms with Crippen LogP contribution in [-0.2, 0) is 10.0 Å². The average molecular weight is 325 g/mol. The molecule has 0 bridgehead atoms. The lowest BCUT2D eigenvalue weighted by Crippen LogP contribution is -2.17. The molecule has 21 heavy (non-hydrogen) atoms. The first-order valence-electron chi connectivity index (χ1n) is 6.37. The van der Waals surface area contributed by atoms with Gasteiger partial charge in [0.15, 0.2) is 0 Å². The number of nitrogens with one attached hydrogen (secondary N) is 1. The predicted molar refractivity (Wildman–Crippen MR) is 87.3 cm³/mol. The van der Waals surface area contributed by atoms with Crippen LogP contribution < -0.4 is 10.5 Å². The molecule has 0 spiro atoms. The van der Waals surface area contributed by atoms with Gasteiger partial charge in [0.1, 0.15) is 4.90 Å². The molecule has 0 aromatic heterocycles. The maximum absolute atomic E-state index is 12.6. The van der Waals surface area contributed by atoms with Crippen molar-refractivity contribution >= 4 is 33.0 Å². The second-order valence-electron chi connectivity index (χ2n) is 5.01. The van der Waals surface area contributed by atoms with Crippen LogP contribution in [0.4, 0.5) is 11.4 Å². The number of halogens is 1. The molecule has 0 heterocycles. The van der Waals surface area contributed by atoms with E-state index in [-0.39, 0.29) is 10.6 Å². The van der Waals surface area contributed by atoms with Crippen LogP contribution in [0, 0.1) is 20.8 Å². The molecule has 0 saturated heterocycles. The predicted octanol–water partition coefficient (Wildman–Crippen LogP) is 3.65. The summed E-state index contributed by atoms with van der Waals surface area (Å²) in [5.74, 6) is 0. The minimum Gasteiger partial charge on any atom is -0.397 e. The van der Waals surface area contributed by atoms with E-state index < -0.39 is 10.0 Å². The summed E-state index contributed by atoms with van der Waals surface area (Å²) in [6, 6.07) is 8.54. The van der Waals surface area contributed by atoms with Gasteiger partial charge >= 0.3 is 0 Å². The van der Waals surface area contributed by atoms with E-state index in [0.717, 1.165) is 11.1 Å². The second-order valence-corrected chi connectivity index (χ2v) is 7.04. The van der Waals surface area contributed by atoms with Crippen LogP contribution in [0.15, 0.2) is 35.2 Å². The van der Waals surface area contributed by atoms with Crippen molar-refractivity contribution in [3.05, 3.63) is 52.0 Å². The number of nitrogen functional groups attached to an aromatic ring is 1. The van der Waals surface area contributed by atoms with Crippen molar-refractivity contribution in [1.29, 1.82) is 0 Å². The Kier molecular flexibility index (Phi) is 4.16. The van der Waals surface area contributed by atoms with Gasteiger partial charge in [0, 0.05) is 5.02 Å². The number of rotatable bonds is 3. The van der Waals surface area contributed by atoms with Crippen molar-refractivity contribution in [3.8, 4) is 0 Å². The topological polar surface area (TPSA) is 72.2 Å². The molecule has 112 valence electrons.